The fourth-order valence-electron chi connectivity index (χ4n) is 1.94. The minimum absolute atomic E-state index is 0.269. The van der Waals surface area contributed by atoms with Gasteiger partial charge in [-0.3, -0.25) is 0 Å². The minimum Gasteiger partial charge on any atom is -0.312 e. The minimum atomic E-state index is -0.584. The normalized spacial score (nSPS) is 12.7. The molecule has 0 spiro atoms. The first-order valence-electron chi connectivity index (χ1n) is 5.98. The molecule has 1 aromatic carbocycles. The van der Waals surface area contributed by atoms with Gasteiger partial charge < -0.3 is 5.32 Å². The van der Waals surface area contributed by atoms with E-state index in [2.05, 4.69) is 28.2 Å². The molecule has 102 valence electrons. The number of nitrogens with one attached hydrogen (secondary N) is 1. The van der Waals surface area contributed by atoms with Gasteiger partial charge in [-0.2, -0.15) is 0 Å². The molecule has 1 nitrogen and oxygen atoms in total. The first-order chi connectivity index (χ1) is 9.06. The third-order valence-electron chi connectivity index (χ3n) is 3.00. The topological polar surface area (TPSA) is 12.0 Å². The lowest BCUT2D eigenvalue weighted by Gasteiger charge is -2.10. The van der Waals surface area contributed by atoms with Crippen LogP contribution in [0, 0.1) is 11.6 Å². The highest BCUT2D eigenvalue weighted by Gasteiger charge is 2.14. The van der Waals surface area contributed by atoms with E-state index < -0.39 is 11.6 Å². The molecule has 0 aliphatic heterocycles. The van der Waals surface area contributed by atoms with Crippen molar-refractivity contribution in [2.24, 2.45) is 0 Å². The highest BCUT2D eigenvalue weighted by Crippen LogP contribution is 2.35. The Morgan fingerprint density at radius 1 is 1.26 bits per heavy atom. The Bertz CT molecular complexity index is 579. The van der Waals surface area contributed by atoms with Gasteiger partial charge >= 0.3 is 0 Å². The maximum Gasteiger partial charge on any atom is 0.140 e. The van der Waals surface area contributed by atoms with Gasteiger partial charge in [0.1, 0.15) is 11.6 Å². The van der Waals surface area contributed by atoms with E-state index in [0.29, 0.717) is 5.56 Å². The monoisotopic (exact) mass is 345 g/mol. The third kappa shape index (κ3) is 3.04. The molecular formula is C14H14BrF2NS. The van der Waals surface area contributed by atoms with Gasteiger partial charge in [-0.25, -0.2) is 8.78 Å². The smallest absolute Gasteiger partial charge is 0.140 e. The Hall–Kier alpha value is -0.780. The van der Waals surface area contributed by atoms with Gasteiger partial charge in [0.15, 0.2) is 0 Å². The second-order valence-corrected chi connectivity index (χ2v) is 6.17. The fourth-order valence-corrected chi connectivity index (χ4v) is 3.51. The van der Waals surface area contributed by atoms with Crippen molar-refractivity contribution in [3.05, 3.63) is 45.2 Å². The average Bonchev–Trinajstić information content (AvgIpc) is 2.85. The van der Waals surface area contributed by atoms with E-state index in [1.807, 2.05) is 19.2 Å². The first-order valence-corrected chi connectivity index (χ1v) is 7.59. The molecule has 2 aromatic rings. The Labute approximate surface area is 123 Å². The lowest BCUT2D eigenvalue weighted by molar-refractivity contribution is 0.581. The summed E-state index contributed by atoms with van der Waals surface area (Å²) < 4.78 is 27.3. The molecule has 1 heterocycles. The molecule has 2 rings (SSSR count). The standard InChI is InChI=1S/C14H14BrF2NS/c1-3-12(18-2)14-5-4-13(19-14)8-6-9(15)11(17)7-10(8)16/h4-7,12,18H,3H2,1-2H3. The van der Waals surface area contributed by atoms with Crippen molar-refractivity contribution in [1.82, 2.24) is 5.32 Å². The van der Waals surface area contributed by atoms with Crippen molar-refractivity contribution >= 4 is 27.3 Å². The molecule has 1 N–H and O–H groups in total. The summed E-state index contributed by atoms with van der Waals surface area (Å²) in [6.45, 7) is 2.09. The van der Waals surface area contributed by atoms with Crippen molar-refractivity contribution in [3.8, 4) is 10.4 Å². The molecule has 0 aliphatic carbocycles. The number of hydrogen-bond acceptors (Lipinski definition) is 2. The van der Waals surface area contributed by atoms with Crippen LogP contribution < -0.4 is 5.32 Å². The molecule has 1 aromatic heterocycles. The third-order valence-corrected chi connectivity index (χ3v) is 4.84. The van der Waals surface area contributed by atoms with Crippen LogP contribution in [0.1, 0.15) is 24.3 Å². The summed E-state index contributed by atoms with van der Waals surface area (Å²) in [5, 5.41) is 3.22. The predicted octanol–water partition coefficient (Wildman–Crippen LogP) is 5.13. The SMILES string of the molecule is CCC(NC)c1ccc(-c2cc(Br)c(F)cc2F)s1. The van der Waals surface area contributed by atoms with Crippen LogP contribution in [0.15, 0.2) is 28.7 Å². The van der Waals surface area contributed by atoms with Crippen molar-refractivity contribution in [2.45, 2.75) is 19.4 Å². The fraction of sp³-hybridized carbons (Fsp3) is 0.286. The van der Waals surface area contributed by atoms with Gasteiger partial charge in [0.25, 0.3) is 0 Å². The summed E-state index contributed by atoms with van der Waals surface area (Å²) in [6, 6.07) is 6.53. The molecule has 0 saturated heterocycles. The van der Waals surface area contributed by atoms with E-state index in [4.69, 9.17) is 0 Å². The number of rotatable bonds is 4. The molecule has 1 unspecified atom stereocenters. The van der Waals surface area contributed by atoms with Crippen LogP contribution in [0.4, 0.5) is 8.78 Å². The average molecular weight is 346 g/mol. The number of thiophene rings is 1. The molecule has 0 bridgehead atoms. The second kappa shape index (κ2) is 6.11. The maximum atomic E-state index is 13.8. The van der Waals surface area contributed by atoms with Crippen LogP contribution in [-0.4, -0.2) is 7.05 Å². The Balaban J connectivity index is 2.40. The van der Waals surface area contributed by atoms with Gasteiger partial charge in [0, 0.05) is 27.4 Å². The quantitative estimate of drug-likeness (QED) is 0.757. The summed E-state index contributed by atoms with van der Waals surface area (Å²) in [4.78, 5) is 1.96. The van der Waals surface area contributed by atoms with Crippen molar-refractivity contribution < 1.29 is 8.78 Å². The number of hydrogen-bond donors (Lipinski definition) is 1. The van der Waals surface area contributed by atoms with Crippen molar-refractivity contribution in [3.63, 3.8) is 0 Å². The first kappa shape index (κ1) is 14.6. The lowest BCUT2D eigenvalue weighted by Crippen LogP contribution is -2.13. The number of benzene rings is 1. The molecule has 19 heavy (non-hydrogen) atoms. The molecule has 1 atom stereocenters. The van der Waals surface area contributed by atoms with E-state index in [1.54, 1.807) is 0 Å². The predicted molar refractivity (Wildman–Crippen MR) is 79.5 cm³/mol. The molecular weight excluding hydrogens is 332 g/mol. The summed E-state index contributed by atoms with van der Waals surface area (Å²) in [5.41, 5.74) is 0.426. The van der Waals surface area contributed by atoms with Crippen molar-refractivity contribution in [1.29, 1.82) is 0 Å². The van der Waals surface area contributed by atoms with Crippen LogP contribution in [0.3, 0.4) is 0 Å². The molecule has 0 saturated carbocycles. The van der Waals surface area contributed by atoms with Gasteiger partial charge in [-0.1, -0.05) is 6.92 Å². The van der Waals surface area contributed by atoms with E-state index in [9.17, 15) is 8.78 Å². The lowest BCUT2D eigenvalue weighted by atomic mass is 10.1. The van der Waals surface area contributed by atoms with E-state index in [0.717, 1.165) is 22.2 Å². The largest absolute Gasteiger partial charge is 0.312 e. The molecule has 0 radical (unpaired) electrons. The maximum absolute atomic E-state index is 13.8. The molecule has 5 heteroatoms. The summed E-state index contributed by atoms with van der Waals surface area (Å²) >= 11 is 4.62. The van der Waals surface area contributed by atoms with Gasteiger partial charge in [0.2, 0.25) is 0 Å². The van der Waals surface area contributed by atoms with Crippen LogP contribution in [0.2, 0.25) is 0 Å². The zero-order valence-electron chi connectivity index (χ0n) is 10.6. The van der Waals surface area contributed by atoms with Crippen molar-refractivity contribution in [2.75, 3.05) is 7.05 Å². The summed E-state index contributed by atoms with van der Waals surface area (Å²) in [7, 11) is 1.91. The highest BCUT2D eigenvalue weighted by atomic mass is 79.9. The van der Waals surface area contributed by atoms with Gasteiger partial charge in [0.05, 0.1) is 4.47 Å². The van der Waals surface area contributed by atoms with Crippen LogP contribution in [0.5, 0.6) is 0 Å². The number of halogens is 3. The zero-order chi connectivity index (χ0) is 14.0. The second-order valence-electron chi connectivity index (χ2n) is 4.20. The van der Waals surface area contributed by atoms with Crippen LogP contribution in [-0.2, 0) is 0 Å². The summed E-state index contributed by atoms with van der Waals surface area (Å²) in [5.74, 6) is -1.12. The Morgan fingerprint density at radius 3 is 2.63 bits per heavy atom. The van der Waals surface area contributed by atoms with Gasteiger partial charge in [-0.15, -0.1) is 11.3 Å². The van der Waals surface area contributed by atoms with E-state index in [1.165, 1.54) is 17.4 Å². The molecule has 0 fully saturated rings. The van der Waals surface area contributed by atoms with Gasteiger partial charge in [-0.05, 0) is 47.6 Å². The Kier molecular flexibility index (Phi) is 4.71. The molecule has 0 amide bonds. The van der Waals surface area contributed by atoms with Crippen LogP contribution in [0.25, 0.3) is 10.4 Å². The van der Waals surface area contributed by atoms with E-state index in [-0.39, 0.29) is 10.5 Å². The summed E-state index contributed by atoms with van der Waals surface area (Å²) in [6.07, 6.45) is 0.964. The van der Waals surface area contributed by atoms with E-state index >= 15 is 0 Å². The highest BCUT2D eigenvalue weighted by molar-refractivity contribution is 9.10. The van der Waals surface area contributed by atoms with Crippen LogP contribution >= 0.6 is 27.3 Å². The zero-order valence-corrected chi connectivity index (χ0v) is 13.0. The Morgan fingerprint density at radius 2 is 2.00 bits per heavy atom. The molecule has 0 aliphatic rings.